The second-order valence-electron chi connectivity index (χ2n) is 8.37. The summed E-state index contributed by atoms with van der Waals surface area (Å²) in [4.78, 5) is 0. The van der Waals surface area contributed by atoms with Gasteiger partial charge in [-0.15, -0.1) is 0 Å². The van der Waals surface area contributed by atoms with E-state index in [2.05, 4.69) is 55.4 Å². The van der Waals surface area contributed by atoms with Gasteiger partial charge >= 0.3 is 0 Å². The minimum absolute atomic E-state index is 0.398. The van der Waals surface area contributed by atoms with Crippen LogP contribution in [0.15, 0.2) is 0 Å². The van der Waals surface area contributed by atoms with E-state index >= 15 is 0 Å². The molecule has 0 saturated heterocycles. The van der Waals surface area contributed by atoms with Crippen LogP contribution in [0.4, 0.5) is 0 Å². The molecular weight excluding hydrogens is 192 g/mol. The lowest BCUT2D eigenvalue weighted by atomic mass is 9.42. The van der Waals surface area contributed by atoms with Crippen molar-refractivity contribution in [2.24, 2.45) is 21.7 Å². The first kappa shape index (κ1) is 14.1. The average molecular weight is 224 g/mol. The van der Waals surface area contributed by atoms with Gasteiger partial charge in [-0.3, -0.25) is 0 Å². The Morgan fingerprint density at radius 1 is 0.625 bits per heavy atom. The van der Waals surface area contributed by atoms with Gasteiger partial charge in [0.1, 0.15) is 0 Å². The fourth-order valence-corrected chi connectivity index (χ4v) is 3.91. The van der Waals surface area contributed by atoms with Crippen LogP contribution in [0, 0.1) is 21.7 Å². The van der Waals surface area contributed by atoms with E-state index in [1.807, 2.05) is 0 Å². The zero-order chi connectivity index (χ0) is 12.8. The first-order valence-corrected chi connectivity index (χ1v) is 6.96. The summed E-state index contributed by atoms with van der Waals surface area (Å²) in [6.45, 7) is 19.7. The molecule has 0 bridgehead atoms. The van der Waals surface area contributed by atoms with Crippen LogP contribution in [0.1, 0.15) is 81.1 Å². The van der Waals surface area contributed by atoms with Gasteiger partial charge in [0.15, 0.2) is 0 Å². The van der Waals surface area contributed by atoms with Crippen LogP contribution in [0.5, 0.6) is 0 Å². The normalized spacial score (nSPS) is 37.5. The van der Waals surface area contributed by atoms with Gasteiger partial charge in [0.2, 0.25) is 0 Å². The Bertz CT molecular complexity index is 222. The highest BCUT2D eigenvalue weighted by Gasteiger charge is 2.57. The molecule has 0 heterocycles. The van der Waals surface area contributed by atoms with Crippen molar-refractivity contribution in [3.8, 4) is 0 Å². The van der Waals surface area contributed by atoms with Crippen LogP contribution >= 0.6 is 0 Å². The van der Waals surface area contributed by atoms with Crippen molar-refractivity contribution in [3.63, 3.8) is 0 Å². The summed E-state index contributed by atoms with van der Waals surface area (Å²) in [7, 11) is 0. The maximum absolute atomic E-state index is 2.54. The second-order valence-corrected chi connectivity index (χ2v) is 8.37. The van der Waals surface area contributed by atoms with Gasteiger partial charge in [0.25, 0.3) is 0 Å². The Balaban J connectivity index is 3.24. The molecule has 1 fully saturated rings. The molecule has 1 rings (SSSR count). The molecule has 0 N–H and O–H groups in total. The molecule has 0 heteroatoms. The van der Waals surface area contributed by atoms with E-state index in [9.17, 15) is 0 Å². The van der Waals surface area contributed by atoms with Crippen molar-refractivity contribution in [1.29, 1.82) is 0 Å². The quantitative estimate of drug-likeness (QED) is 0.497. The molecule has 16 heavy (non-hydrogen) atoms. The molecule has 96 valence electrons. The molecule has 2 unspecified atom stereocenters. The lowest BCUT2D eigenvalue weighted by Crippen LogP contribution is -2.54. The molecule has 0 aliphatic heterocycles. The maximum Gasteiger partial charge on any atom is -0.0218 e. The highest BCUT2D eigenvalue weighted by atomic mass is 14.6. The first-order valence-electron chi connectivity index (χ1n) is 6.96. The van der Waals surface area contributed by atoms with Gasteiger partial charge in [0, 0.05) is 0 Å². The smallest absolute Gasteiger partial charge is 0.0218 e. The summed E-state index contributed by atoms with van der Waals surface area (Å²) in [5.74, 6) is 0. The third-order valence-electron chi connectivity index (χ3n) is 6.13. The monoisotopic (exact) mass is 224 g/mol. The van der Waals surface area contributed by atoms with Crippen LogP contribution in [-0.4, -0.2) is 0 Å². The largest absolute Gasteiger partial charge is 0.0596 e. The zero-order valence-corrected chi connectivity index (χ0v) is 12.8. The minimum Gasteiger partial charge on any atom is -0.0596 e. The predicted molar refractivity (Wildman–Crippen MR) is 73.6 cm³/mol. The van der Waals surface area contributed by atoms with Crippen molar-refractivity contribution in [3.05, 3.63) is 0 Å². The SMILES string of the molecule is CC(C)(C)C1(C)CCCCC1(C)C(C)(C)C. The maximum atomic E-state index is 2.54. The Hall–Kier alpha value is 0. The van der Waals surface area contributed by atoms with Gasteiger partial charge in [-0.05, 0) is 34.5 Å². The fraction of sp³-hybridized carbons (Fsp3) is 1.00. The summed E-state index contributed by atoms with van der Waals surface area (Å²) in [6, 6.07) is 0. The molecule has 2 atom stereocenters. The van der Waals surface area contributed by atoms with Gasteiger partial charge in [-0.25, -0.2) is 0 Å². The fourth-order valence-electron chi connectivity index (χ4n) is 3.91. The summed E-state index contributed by atoms with van der Waals surface area (Å²) in [5.41, 5.74) is 1.71. The topological polar surface area (TPSA) is 0 Å². The molecule has 0 amide bonds. The third-order valence-corrected chi connectivity index (χ3v) is 6.13. The average Bonchev–Trinajstić information content (AvgIpc) is 2.06. The van der Waals surface area contributed by atoms with Gasteiger partial charge in [-0.1, -0.05) is 68.2 Å². The lowest BCUT2D eigenvalue weighted by molar-refractivity contribution is -0.135. The van der Waals surface area contributed by atoms with E-state index < -0.39 is 0 Å². The molecule has 1 saturated carbocycles. The van der Waals surface area contributed by atoms with Gasteiger partial charge in [-0.2, -0.15) is 0 Å². The molecule has 1 aliphatic carbocycles. The summed E-state index contributed by atoms with van der Waals surface area (Å²) in [6.07, 6.45) is 5.62. The van der Waals surface area contributed by atoms with Crippen molar-refractivity contribution in [2.45, 2.75) is 81.1 Å². The van der Waals surface area contributed by atoms with Gasteiger partial charge < -0.3 is 0 Å². The summed E-state index contributed by atoms with van der Waals surface area (Å²) < 4.78 is 0. The van der Waals surface area contributed by atoms with E-state index in [-0.39, 0.29) is 0 Å². The van der Waals surface area contributed by atoms with E-state index in [1.165, 1.54) is 25.7 Å². The first-order chi connectivity index (χ1) is 6.96. The van der Waals surface area contributed by atoms with E-state index in [1.54, 1.807) is 0 Å². The summed E-state index contributed by atoms with van der Waals surface area (Å²) >= 11 is 0. The van der Waals surface area contributed by atoms with Crippen LogP contribution in [0.2, 0.25) is 0 Å². The van der Waals surface area contributed by atoms with E-state index in [0.717, 1.165) is 0 Å². The van der Waals surface area contributed by atoms with Crippen molar-refractivity contribution >= 4 is 0 Å². The Kier molecular flexibility index (Phi) is 3.30. The predicted octanol–water partition coefficient (Wildman–Crippen LogP) is 5.67. The van der Waals surface area contributed by atoms with Crippen LogP contribution in [-0.2, 0) is 0 Å². The Labute approximate surface area is 103 Å². The molecule has 1 aliphatic rings. The van der Waals surface area contributed by atoms with Crippen LogP contribution in [0.25, 0.3) is 0 Å². The third kappa shape index (κ3) is 1.83. The second kappa shape index (κ2) is 3.75. The Morgan fingerprint density at radius 3 is 1.06 bits per heavy atom. The number of hydrogen-bond donors (Lipinski definition) is 0. The summed E-state index contributed by atoms with van der Waals surface area (Å²) in [5, 5.41) is 0. The molecule has 0 nitrogen and oxygen atoms in total. The number of rotatable bonds is 0. The number of hydrogen-bond acceptors (Lipinski definition) is 0. The van der Waals surface area contributed by atoms with Gasteiger partial charge in [0.05, 0.1) is 0 Å². The highest BCUT2D eigenvalue weighted by Crippen LogP contribution is 2.65. The van der Waals surface area contributed by atoms with Crippen LogP contribution < -0.4 is 0 Å². The zero-order valence-electron chi connectivity index (χ0n) is 12.8. The minimum atomic E-state index is 0.398. The standard InChI is InChI=1S/C16H32/c1-13(2,3)15(7)11-9-10-12-16(15,8)14(4,5)6/h9-12H2,1-8H3. The Morgan fingerprint density at radius 2 is 0.875 bits per heavy atom. The van der Waals surface area contributed by atoms with Crippen LogP contribution in [0.3, 0.4) is 0 Å². The lowest BCUT2D eigenvalue weighted by Gasteiger charge is -2.63. The van der Waals surface area contributed by atoms with Crippen molar-refractivity contribution in [1.82, 2.24) is 0 Å². The highest BCUT2D eigenvalue weighted by molar-refractivity contribution is 5.06. The van der Waals surface area contributed by atoms with E-state index in [4.69, 9.17) is 0 Å². The molecule has 0 radical (unpaired) electrons. The van der Waals surface area contributed by atoms with E-state index in [0.29, 0.717) is 21.7 Å². The molecular formula is C16H32. The molecule has 0 aromatic heterocycles. The van der Waals surface area contributed by atoms with Crippen molar-refractivity contribution < 1.29 is 0 Å². The molecule has 0 aromatic rings. The molecule has 0 aromatic carbocycles. The van der Waals surface area contributed by atoms with Crippen molar-refractivity contribution in [2.75, 3.05) is 0 Å². The molecule has 0 spiro atoms.